The maximum atomic E-state index is 8.79. The lowest BCUT2D eigenvalue weighted by molar-refractivity contribution is 0.254. The Morgan fingerprint density at radius 3 is 2.20 bits per heavy atom. The van der Waals surface area contributed by atoms with E-state index in [2.05, 4.69) is 30.9 Å². The van der Waals surface area contributed by atoms with Gasteiger partial charge in [-0.1, -0.05) is 43.9 Å². The third kappa shape index (κ3) is 4.53. The van der Waals surface area contributed by atoms with Gasteiger partial charge in [0.1, 0.15) is 0 Å². The summed E-state index contributed by atoms with van der Waals surface area (Å²) >= 11 is 0. The van der Waals surface area contributed by atoms with Crippen molar-refractivity contribution in [3.05, 3.63) is 48.0 Å². The van der Waals surface area contributed by atoms with Crippen molar-refractivity contribution in [2.75, 3.05) is 0 Å². The standard InChI is InChI=1S/C19H25N/c1-2-3-4-16-5-7-17(8-6-16)9-10-18-11-13-19(15-20)14-12-18/h2,11-14,16-17H,1,3-10H2. The van der Waals surface area contributed by atoms with Crippen molar-refractivity contribution in [1.29, 1.82) is 5.26 Å². The molecule has 1 aliphatic rings. The molecule has 20 heavy (non-hydrogen) atoms. The Hall–Kier alpha value is -1.55. The molecule has 0 atom stereocenters. The van der Waals surface area contributed by atoms with E-state index in [9.17, 15) is 0 Å². The summed E-state index contributed by atoms with van der Waals surface area (Å²) in [6.45, 7) is 3.82. The molecule has 0 N–H and O–H groups in total. The molecule has 0 amide bonds. The zero-order valence-electron chi connectivity index (χ0n) is 12.4. The molecule has 0 saturated heterocycles. The fourth-order valence-corrected chi connectivity index (χ4v) is 3.28. The van der Waals surface area contributed by atoms with Crippen molar-refractivity contribution >= 4 is 0 Å². The molecule has 1 nitrogen and oxygen atoms in total. The van der Waals surface area contributed by atoms with Crippen molar-refractivity contribution in [3.63, 3.8) is 0 Å². The van der Waals surface area contributed by atoms with Gasteiger partial charge >= 0.3 is 0 Å². The first-order chi connectivity index (χ1) is 9.81. The smallest absolute Gasteiger partial charge is 0.0991 e. The van der Waals surface area contributed by atoms with E-state index >= 15 is 0 Å². The average molecular weight is 267 g/mol. The Labute approximate surface area is 123 Å². The van der Waals surface area contributed by atoms with Crippen molar-refractivity contribution in [2.24, 2.45) is 11.8 Å². The normalized spacial score (nSPS) is 22.1. The van der Waals surface area contributed by atoms with E-state index in [4.69, 9.17) is 5.26 Å². The number of rotatable bonds is 6. The summed E-state index contributed by atoms with van der Waals surface area (Å²) in [4.78, 5) is 0. The minimum absolute atomic E-state index is 0.761. The summed E-state index contributed by atoms with van der Waals surface area (Å²) in [6.07, 6.45) is 12.7. The van der Waals surface area contributed by atoms with Crippen molar-refractivity contribution in [3.8, 4) is 6.07 Å². The molecular weight excluding hydrogens is 242 g/mol. The van der Waals surface area contributed by atoms with Crippen molar-refractivity contribution < 1.29 is 0 Å². The van der Waals surface area contributed by atoms with Gasteiger partial charge in [-0.2, -0.15) is 5.26 Å². The highest BCUT2D eigenvalue weighted by Crippen LogP contribution is 2.33. The number of aryl methyl sites for hydroxylation is 1. The molecule has 0 radical (unpaired) electrons. The predicted octanol–water partition coefficient (Wildman–Crippen LogP) is 5.26. The second-order valence-electron chi connectivity index (χ2n) is 6.10. The molecule has 2 rings (SSSR count). The lowest BCUT2D eigenvalue weighted by Crippen LogP contribution is -2.15. The number of hydrogen-bond acceptors (Lipinski definition) is 1. The summed E-state index contributed by atoms with van der Waals surface area (Å²) in [5, 5.41) is 8.79. The molecule has 1 aromatic rings. The first-order valence-corrected chi connectivity index (χ1v) is 7.91. The maximum absolute atomic E-state index is 8.79. The summed E-state index contributed by atoms with van der Waals surface area (Å²) < 4.78 is 0. The largest absolute Gasteiger partial charge is 0.192 e. The Morgan fingerprint density at radius 2 is 1.65 bits per heavy atom. The molecule has 0 spiro atoms. The third-order valence-corrected chi connectivity index (χ3v) is 4.67. The Kier molecular flexibility index (Phi) is 5.87. The highest BCUT2D eigenvalue weighted by Gasteiger charge is 2.20. The van der Waals surface area contributed by atoms with Crippen LogP contribution in [0.4, 0.5) is 0 Å². The topological polar surface area (TPSA) is 23.8 Å². The molecule has 0 unspecified atom stereocenters. The van der Waals surface area contributed by atoms with E-state index in [1.165, 1.54) is 50.5 Å². The van der Waals surface area contributed by atoms with Gasteiger partial charge in [-0.05, 0) is 55.2 Å². The first kappa shape index (κ1) is 14.9. The van der Waals surface area contributed by atoms with Crippen molar-refractivity contribution in [1.82, 2.24) is 0 Å². The summed E-state index contributed by atoms with van der Waals surface area (Å²) in [5.74, 6) is 1.85. The van der Waals surface area contributed by atoms with E-state index in [1.807, 2.05) is 12.1 Å². The SMILES string of the molecule is C=CCCC1CCC(CCc2ccc(C#N)cc2)CC1. The fraction of sp³-hybridized carbons (Fsp3) is 0.526. The number of benzene rings is 1. The lowest BCUT2D eigenvalue weighted by atomic mass is 9.78. The van der Waals surface area contributed by atoms with E-state index in [-0.39, 0.29) is 0 Å². The molecule has 1 heteroatoms. The van der Waals surface area contributed by atoms with Gasteiger partial charge in [0.05, 0.1) is 11.6 Å². The Bertz CT molecular complexity index is 444. The molecule has 0 aromatic heterocycles. The summed E-state index contributed by atoms with van der Waals surface area (Å²) in [6, 6.07) is 10.2. The van der Waals surface area contributed by atoms with Gasteiger partial charge in [0, 0.05) is 0 Å². The number of nitriles is 1. The van der Waals surface area contributed by atoms with Crippen LogP contribution in [0.2, 0.25) is 0 Å². The van der Waals surface area contributed by atoms with Crippen LogP contribution in [0.1, 0.15) is 56.1 Å². The van der Waals surface area contributed by atoms with Crippen LogP contribution >= 0.6 is 0 Å². The molecule has 1 aliphatic carbocycles. The zero-order chi connectivity index (χ0) is 14.2. The molecular formula is C19H25N. The second-order valence-corrected chi connectivity index (χ2v) is 6.10. The van der Waals surface area contributed by atoms with E-state index in [0.717, 1.165) is 23.8 Å². The zero-order valence-corrected chi connectivity index (χ0v) is 12.4. The molecule has 0 heterocycles. The van der Waals surface area contributed by atoms with Gasteiger partial charge in [0.15, 0.2) is 0 Å². The first-order valence-electron chi connectivity index (χ1n) is 7.91. The second kappa shape index (κ2) is 7.90. The van der Waals surface area contributed by atoms with E-state index in [0.29, 0.717) is 0 Å². The van der Waals surface area contributed by atoms with Gasteiger partial charge < -0.3 is 0 Å². The van der Waals surface area contributed by atoms with E-state index < -0.39 is 0 Å². The van der Waals surface area contributed by atoms with E-state index in [1.54, 1.807) is 0 Å². The summed E-state index contributed by atoms with van der Waals surface area (Å²) in [5.41, 5.74) is 2.13. The predicted molar refractivity (Wildman–Crippen MR) is 84.4 cm³/mol. The minimum atomic E-state index is 0.761. The Morgan fingerprint density at radius 1 is 1.05 bits per heavy atom. The molecule has 106 valence electrons. The number of nitrogens with zero attached hydrogens (tertiary/aromatic N) is 1. The van der Waals surface area contributed by atoms with Crippen molar-refractivity contribution in [2.45, 2.75) is 51.4 Å². The van der Waals surface area contributed by atoms with Gasteiger partial charge in [-0.25, -0.2) is 0 Å². The van der Waals surface area contributed by atoms with Gasteiger partial charge in [-0.3, -0.25) is 0 Å². The number of allylic oxidation sites excluding steroid dienone is 1. The van der Waals surface area contributed by atoms with Crippen LogP contribution in [0.3, 0.4) is 0 Å². The monoisotopic (exact) mass is 267 g/mol. The molecule has 1 aromatic carbocycles. The van der Waals surface area contributed by atoms with Gasteiger partial charge in [0.2, 0.25) is 0 Å². The Balaban J connectivity index is 1.70. The van der Waals surface area contributed by atoms with Crippen LogP contribution < -0.4 is 0 Å². The van der Waals surface area contributed by atoms with Crippen LogP contribution in [0.25, 0.3) is 0 Å². The lowest BCUT2D eigenvalue weighted by Gasteiger charge is -2.28. The number of hydrogen-bond donors (Lipinski definition) is 0. The minimum Gasteiger partial charge on any atom is -0.192 e. The maximum Gasteiger partial charge on any atom is 0.0991 e. The molecule has 1 saturated carbocycles. The average Bonchev–Trinajstić information content (AvgIpc) is 2.52. The van der Waals surface area contributed by atoms with Crippen LogP contribution in [0.15, 0.2) is 36.9 Å². The molecule has 0 aliphatic heterocycles. The fourth-order valence-electron chi connectivity index (χ4n) is 3.28. The quantitative estimate of drug-likeness (QED) is 0.645. The third-order valence-electron chi connectivity index (χ3n) is 4.67. The molecule has 1 fully saturated rings. The van der Waals surface area contributed by atoms with Crippen LogP contribution in [-0.4, -0.2) is 0 Å². The van der Waals surface area contributed by atoms with Gasteiger partial charge in [0.25, 0.3) is 0 Å². The highest BCUT2D eigenvalue weighted by atomic mass is 14.3. The van der Waals surface area contributed by atoms with Crippen LogP contribution in [0.5, 0.6) is 0 Å². The summed E-state index contributed by atoms with van der Waals surface area (Å²) in [7, 11) is 0. The van der Waals surface area contributed by atoms with Crippen LogP contribution in [-0.2, 0) is 6.42 Å². The van der Waals surface area contributed by atoms with Gasteiger partial charge in [-0.15, -0.1) is 6.58 Å². The molecule has 0 bridgehead atoms. The highest BCUT2D eigenvalue weighted by molar-refractivity contribution is 5.31. The van der Waals surface area contributed by atoms with Crippen LogP contribution in [0, 0.1) is 23.2 Å².